The van der Waals surface area contributed by atoms with Crippen molar-refractivity contribution in [1.82, 2.24) is 10.2 Å². The smallest absolute Gasteiger partial charge is 0.329 e. The number of benzene rings is 3. The molecule has 0 atom stereocenters. The predicted octanol–water partition coefficient (Wildman–Crippen LogP) is 6.02. The van der Waals surface area contributed by atoms with Gasteiger partial charge in [0.2, 0.25) is 0 Å². The molecule has 4 rings (SSSR count). The lowest BCUT2D eigenvalue weighted by atomic mass is 10.1. The van der Waals surface area contributed by atoms with Crippen LogP contribution < -0.4 is 10.1 Å². The predicted molar refractivity (Wildman–Crippen MR) is 126 cm³/mol. The van der Waals surface area contributed by atoms with E-state index >= 15 is 0 Å². The van der Waals surface area contributed by atoms with Gasteiger partial charge in [0.15, 0.2) is 0 Å². The number of nitrogens with one attached hydrogen (secondary N) is 1. The van der Waals surface area contributed by atoms with Crippen LogP contribution in [0.15, 0.2) is 81.4 Å². The standard InChI is InChI=1S/C24H17Br2FN2O3/c25-18-7-5-15(6-8-18)14-32-22-10-9-19(26)11-17(22)12-21-23(30)29(24(31)28-21)13-16-3-1-2-4-20(16)27/h1-12H,13-14H2,(H,28,31)/b21-12+. The summed E-state index contributed by atoms with van der Waals surface area (Å²) in [6, 6.07) is 18.6. The molecule has 3 aromatic carbocycles. The topological polar surface area (TPSA) is 58.6 Å². The average molecular weight is 560 g/mol. The van der Waals surface area contributed by atoms with Gasteiger partial charge in [-0.1, -0.05) is 62.2 Å². The molecule has 8 heteroatoms. The van der Waals surface area contributed by atoms with E-state index in [4.69, 9.17) is 4.74 Å². The average Bonchev–Trinajstić information content (AvgIpc) is 3.03. The number of carbonyl (C=O) groups excluding carboxylic acids is 2. The number of amides is 3. The van der Waals surface area contributed by atoms with Gasteiger partial charge in [-0.3, -0.25) is 9.69 Å². The number of hydrogen-bond acceptors (Lipinski definition) is 3. The van der Waals surface area contributed by atoms with Crippen molar-refractivity contribution in [3.8, 4) is 5.75 Å². The molecule has 32 heavy (non-hydrogen) atoms. The number of rotatable bonds is 6. The molecule has 1 fully saturated rings. The highest BCUT2D eigenvalue weighted by Gasteiger charge is 2.34. The van der Waals surface area contributed by atoms with Gasteiger partial charge in [0.1, 0.15) is 23.9 Å². The summed E-state index contributed by atoms with van der Waals surface area (Å²) < 4.78 is 21.7. The summed E-state index contributed by atoms with van der Waals surface area (Å²) in [7, 11) is 0. The zero-order valence-corrected chi connectivity index (χ0v) is 19.8. The van der Waals surface area contributed by atoms with Gasteiger partial charge in [0.05, 0.1) is 6.54 Å². The second-order valence-electron chi connectivity index (χ2n) is 7.07. The number of nitrogens with zero attached hydrogens (tertiary/aromatic N) is 1. The number of halogens is 3. The van der Waals surface area contributed by atoms with Gasteiger partial charge in [0.25, 0.3) is 5.91 Å². The molecule has 1 aliphatic heterocycles. The number of carbonyl (C=O) groups is 2. The Morgan fingerprint density at radius 1 is 0.969 bits per heavy atom. The summed E-state index contributed by atoms with van der Waals surface area (Å²) in [5.74, 6) is -0.448. The molecule has 0 aromatic heterocycles. The van der Waals surface area contributed by atoms with E-state index in [0.717, 1.165) is 19.4 Å². The van der Waals surface area contributed by atoms with E-state index in [1.54, 1.807) is 36.4 Å². The Bertz CT molecular complexity index is 1210. The third kappa shape index (κ3) is 5.08. The van der Waals surface area contributed by atoms with Crippen molar-refractivity contribution in [3.05, 3.63) is 104 Å². The van der Waals surface area contributed by atoms with Crippen molar-refractivity contribution >= 4 is 49.9 Å². The first-order valence-electron chi connectivity index (χ1n) is 9.65. The van der Waals surface area contributed by atoms with Crippen LogP contribution in [0.2, 0.25) is 0 Å². The Hall–Kier alpha value is -2.97. The highest BCUT2D eigenvalue weighted by atomic mass is 79.9. The maximum absolute atomic E-state index is 14.0. The summed E-state index contributed by atoms with van der Waals surface area (Å²) in [5.41, 5.74) is 1.96. The van der Waals surface area contributed by atoms with Crippen molar-refractivity contribution in [2.24, 2.45) is 0 Å². The fraction of sp³-hybridized carbons (Fsp3) is 0.0833. The zero-order chi connectivity index (χ0) is 22.7. The number of hydrogen-bond donors (Lipinski definition) is 1. The van der Waals surface area contributed by atoms with E-state index in [-0.39, 0.29) is 17.8 Å². The Morgan fingerprint density at radius 3 is 2.44 bits per heavy atom. The lowest BCUT2D eigenvalue weighted by Gasteiger charge is -2.12. The third-order valence-electron chi connectivity index (χ3n) is 4.83. The Balaban J connectivity index is 1.55. The van der Waals surface area contributed by atoms with Gasteiger partial charge in [-0.05, 0) is 48.0 Å². The van der Waals surface area contributed by atoms with Crippen molar-refractivity contribution in [3.63, 3.8) is 0 Å². The van der Waals surface area contributed by atoms with E-state index in [2.05, 4.69) is 37.2 Å². The Labute approximate surface area is 201 Å². The fourth-order valence-corrected chi connectivity index (χ4v) is 3.82. The van der Waals surface area contributed by atoms with E-state index in [0.29, 0.717) is 17.9 Å². The SMILES string of the molecule is O=C1N/C(=C/c2cc(Br)ccc2OCc2ccc(Br)cc2)C(=O)N1Cc1ccccc1F. The van der Waals surface area contributed by atoms with Gasteiger partial charge in [-0.25, -0.2) is 9.18 Å². The lowest BCUT2D eigenvalue weighted by molar-refractivity contribution is -0.123. The monoisotopic (exact) mass is 558 g/mol. The minimum absolute atomic E-state index is 0.0953. The number of ether oxygens (including phenoxy) is 1. The van der Waals surface area contributed by atoms with E-state index in [9.17, 15) is 14.0 Å². The summed E-state index contributed by atoms with van der Waals surface area (Å²) in [5, 5.41) is 2.57. The molecule has 0 bridgehead atoms. The molecule has 0 spiro atoms. The molecular formula is C24H17Br2FN2O3. The third-order valence-corrected chi connectivity index (χ3v) is 5.85. The molecule has 0 aliphatic carbocycles. The Morgan fingerprint density at radius 2 is 1.69 bits per heavy atom. The first-order valence-corrected chi connectivity index (χ1v) is 11.2. The van der Waals surface area contributed by atoms with E-state index in [1.807, 2.05) is 30.3 Å². The molecular weight excluding hydrogens is 543 g/mol. The van der Waals surface area contributed by atoms with Gasteiger partial charge < -0.3 is 10.1 Å². The molecule has 0 unspecified atom stereocenters. The first kappa shape index (κ1) is 22.2. The minimum atomic E-state index is -0.600. The molecule has 5 nitrogen and oxygen atoms in total. The van der Waals surface area contributed by atoms with Crippen molar-refractivity contribution < 1.29 is 18.7 Å². The van der Waals surface area contributed by atoms with Crippen molar-refractivity contribution in [2.45, 2.75) is 13.2 Å². The highest BCUT2D eigenvalue weighted by molar-refractivity contribution is 9.10. The van der Waals surface area contributed by atoms with E-state index in [1.165, 1.54) is 6.07 Å². The van der Waals surface area contributed by atoms with Crippen molar-refractivity contribution in [1.29, 1.82) is 0 Å². The summed E-state index contributed by atoms with van der Waals surface area (Å²) in [6.45, 7) is 0.185. The molecule has 1 saturated heterocycles. The van der Waals surface area contributed by atoms with Gasteiger partial charge >= 0.3 is 6.03 Å². The molecule has 162 valence electrons. The van der Waals surface area contributed by atoms with Crippen LogP contribution in [0.5, 0.6) is 5.75 Å². The van der Waals surface area contributed by atoms with Gasteiger partial charge in [-0.15, -0.1) is 0 Å². The highest BCUT2D eigenvalue weighted by Crippen LogP contribution is 2.28. The van der Waals surface area contributed by atoms with Gasteiger partial charge in [-0.2, -0.15) is 0 Å². The van der Waals surface area contributed by atoms with Crippen molar-refractivity contribution in [2.75, 3.05) is 0 Å². The van der Waals surface area contributed by atoms with E-state index < -0.39 is 17.8 Å². The lowest BCUT2D eigenvalue weighted by Crippen LogP contribution is -2.30. The van der Waals surface area contributed by atoms with Gasteiger partial charge in [0, 0.05) is 20.1 Å². The largest absolute Gasteiger partial charge is 0.488 e. The van der Waals surface area contributed by atoms with Crippen LogP contribution in [-0.4, -0.2) is 16.8 Å². The van der Waals surface area contributed by atoms with Crippen LogP contribution in [0.3, 0.4) is 0 Å². The molecule has 3 amide bonds. The number of imide groups is 1. The maximum Gasteiger partial charge on any atom is 0.329 e. The zero-order valence-electron chi connectivity index (χ0n) is 16.6. The maximum atomic E-state index is 14.0. The van der Waals surface area contributed by atoms with Crippen LogP contribution in [-0.2, 0) is 17.9 Å². The molecule has 0 radical (unpaired) electrons. The second-order valence-corrected chi connectivity index (χ2v) is 8.90. The normalized spacial score (nSPS) is 14.7. The molecule has 3 aromatic rings. The molecule has 1 aliphatic rings. The first-order chi connectivity index (χ1) is 15.4. The molecule has 1 heterocycles. The fourth-order valence-electron chi connectivity index (χ4n) is 3.17. The Kier molecular flexibility index (Phi) is 6.72. The molecule has 0 saturated carbocycles. The minimum Gasteiger partial charge on any atom is -0.488 e. The van der Waals surface area contributed by atoms with Crippen LogP contribution in [0.4, 0.5) is 9.18 Å². The number of urea groups is 1. The van der Waals surface area contributed by atoms with Crippen LogP contribution >= 0.6 is 31.9 Å². The summed E-state index contributed by atoms with van der Waals surface area (Å²) in [4.78, 5) is 26.2. The summed E-state index contributed by atoms with van der Waals surface area (Å²) in [6.07, 6.45) is 1.56. The second kappa shape index (κ2) is 9.67. The molecule has 1 N–H and O–H groups in total. The van der Waals surface area contributed by atoms with Crippen LogP contribution in [0, 0.1) is 5.82 Å². The van der Waals surface area contributed by atoms with Crippen LogP contribution in [0.1, 0.15) is 16.7 Å². The summed E-state index contributed by atoms with van der Waals surface area (Å²) >= 11 is 6.83. The quantitative estimate of drug-likeness (QED) is 0.297. The van der Waals surface area contributed by atoms with Crippen LogP contribution in [0.25, 0.3) is 6.08 Å².